The number of carbonyl (C=O) groups is 1. The first-order chi connectivity index (χ1) is 6.61. The first kappa shape index (κ1) is 11.2. The van der Waals surface area contributed by atoms with Gasteiger partial charge >= 0.3 is 0 Å². The smallest absolute Gasteiger partial charge is 0.233 e. The Bertz CT molecular complexity index is 300. The summed E-state index contributed by atoms with van der Waals surface area (Å²) in [5.41, 5.74) is 1.06. The summed E-state index contributed by atoms with van der Waals surface area (Å²) in [5.74, 6) is -0.00527. The number of pyridine rings is 1. The van der Waals surface area contributed by atoms with E-state index in [0.717, 1.165) is 5.56 Å². The molecule has 0 saturated carbocycles. The number of halogens is 1. The van der Waals surface area contributed by atoms with Gasteiger partial charge in [0, 0.05) is 12.4 Å². The summed E-state index contributed by atoms with van der Waals surface area (Å²) in [6, 6.07) is 3.80. The van der Waals surface area contributed by atoms with Gasteiger partial charge in [0.1, 0.15) is 0 Å². The quantitative estimate of drug-likeness (QED) is 0.842. The number of carbonyl (C=O) groups excluding carboxylic acids is 1. The maximum absolute atomic E-state index is 11.4. The van der Waals surface area contributed by atoms with E-state index < -0.39 is 0 Å². The van der Waals surface area contributed by atoms with Crippen LogP contribution in [0.3, 0.4) is 0 Å². The maximum Gasteiger partial charge on any atom is 0.233 e. The normalized spacial score (nSPS) is 14.5. The molecule has 1 amide bonds. The summed E-state index contributed by atoms with van der Waals surface area (Å²) >= 11 is 3.22. The van der Waals surface area contributed by atoms with Crippen LogP contribution in [0.15, 0.2) is 24.5 Å². The van der Waals surface area contributed by atoms with Gasteiger partial charge in [0.2, 0.25) is 5.91 Å². The highest BCUT2D eigenvalue weighted by atomic mass is 79.9. The van der Waals surface area contributed by atoms with E-state index >= 15 is 0 Å². The van der Waals surface area contributed by atoms with E-state index in [0.29, 0.717) is 0 Å². The first-order valence-electron chi connectivity index (χ1n) is 4.45. The fourth-order valence-electron chi connectivity index (χ4n) is 1.06. The molecule has 0 saturated heterocycles. The Kier molecular flexibility index (Phi) is 4.07. The Balaban J connectivity index is 2.59. The predicted octanol–water partition coefficient (Wildman–Crippen LogP) is 2.04. The van der Waals surface area contributed by atoms with E-state index in [2.05, 4.69) is 26.2 Å². The van der Waals surface area contributed by atoms with E-state index in [9.17, 15) is 4.79 Å². The molecule has 2 unspecified atom stereocenters. The molecule has 0 spiro atoms. The molecule has 76 valence electrons. The predicted molar refractivity (Wildman–Crippen MR) is 59.2 cm³/mol. The maximum atomic E-state index is 11.4. The van der Waals surface area contributed by atoms with Crippen molar-refractivity contribution < 1.29 is 4.79 Å². The SMILES string of the molecule is CC(Br)C(=O)NC(C)c1ccncc1. The van der Waals surface area contributed by atoms with Crippen LogP contribution in [0.4, 0.5) is 0 Å². The minimum Gasteiger partial charge on any atom is -0.349 e. The van der Waals surface area contributed by atoms with E-state index in [1.54, 1.807) is 19.3 Å². The van der Waals surface area contributed by atoms with Gasteiger partial charge in [-0.1, -0.05) is 15.9 Å². The Hall–Kier alpha value is -0.900. The van der Waals surface area contributed by atoms with Crippen LogP contribution >= 0.6 is 15.9 Å². The van der Waals surface area contributed by atoms with E-state index in [4.69, 9.17) is 0 Å². The highest BCUT2D eigenvalue weighted by Crippen LogP contribution is 2.11. The molecule has 4 heteroatoms. The standard InChI is InChI=1S/C10H13BrN2O/c1-7(11)10(14)13-8(2)9-3-5-12-6-4-9/h3-8H,1-2H3,(H,13,14). The average Bonchev–Trinajstić information content (AvgIpc) is 2.19. The zero-order valence-corrected chi connectivity index (χ0v) is 9.78. The highest BCUT2D eigenvalue weighted by molar-refractivity contribution is 9.10. The van der Waals surface area contributed by atoms with Crippen molar-refractivity contribution in [3.05, 3.63) is 30.1 Å². The van der Waals surface area contributed by atoms with Crippen molar-refractivity contribution in [2.75, 3.05) is 0 Å². The molecule has 1 rings (SSSR count). The summed E-state index contributed by atoms with van der Waals surface area (Å²) in [4.78, 5) is 15.1. The fraction of sp³-hybridized carbons (Fsp3) is 0.400. The molecule has 0 aromatic carbocycles. The van der Waals surface area contributed by atoms with Gasteiger partial charge in [-0.3, -0.25) is 9.78 Å². The van der Waals surface area contributed by atoms with Gasteiger partial charge < -0.3 is 5.32 Å². The van der Waals surface area contributed by atoms with Crippen LogP contribution in [-0.2, 0) is 4.79 Å². The summed E-state index contributed by atoms with van der Waals surface area (Å²) in [5, 5.41) is 2.88. The van der Waals surface area contributed by atoms with Crippen LogP contribution in [0.1, 0.15) is 25.5 Å². The van der Waals surface area contributed by atoms with Gasteiger partial charge in [-0.25, -0.2) is 0 Å². The third kappa shape index (κ3) is 3.10. The average molecular weight is 257 g/mol. The van der Waals surface area contributed by atoms with Crippen molar-refractivity contribution >= 4 is 21.8 Å². The van der Waals surface area contributed by atoms with Crippen molar-refractivity contribution in [3.8, 4) is 0 Å². The van der Waals surface area contributed by atoms with Crippen molar-refractivity contribution in [3.63, 3.8) is 0 Å². The number of nitrogens with zero attached hydrogens (tertiary/aromatic N) is 1. The third-order valence-electron chi connectivity index (χ3n) is 1.93. The van der Waals surface area contributed by atoms with E-state index in [-0.39, 0.29) is 16.8 Å². The molecule has 14 heavy (non-hydrogen) atoms. The second-order valence-corrected chi connectivity index (χ2v) is 4.50. The zero-order valence-electron chi connectivity index (χ0n) is 8.20. The molecule has 0 bridgehead atoms. The van der Waals surface area contributed by atoms with Crippen LogP contribution in [0.2, 0.25) is 0 Å². The van der Waals surface area contributed by atoms with Gasteiger partial charge in [-0.2, -0.15) is 0 Å². The number of alkyl halides is 1. The Morgan fingerprint density at radius 2 is 2.00 bits per heavy atom. The van der Waals surface area contributed by atoms with Gasteiger partial charge in [-0.05, 0) is 31.5 Å². The van der Waals surface area contributed by atoms with Crippen LogP contribution in [0, 0.1) is 0 Å². The van der Waals surface area contributed by atoms with Crippen LogP contribution in [-0.4, -0.2) is 15.7 Å². The summed E-state index contributed by atoms with van der Waals surface area (Å²) in [6.45, 7) is 3.75. The minimum atomic E-state index is -0.160. The van der Waals surface area contributed by atoms with Crippen molar-refractivity contribution in [1.82, 2.24) is 10.3 Å². The van der Waals surface area contributed by atoms with Crippen molar-refractivity contribution in [2.45, 2.75) is 24.7 Å². The molecule has 0 aliphatic carbocycles. The highest BCUT2D eigenvalue weighted by Gasteiger charge is 2.12. The molecule has 0 aliphatic rings. The van der Waals surface area contributed by atoms with E-state index in [1.165, 1.54) is 0 Å². The Labute approximate surface area is 92.1 Å². The molecule has 1 aromatic rings. The second-order valence-electron chi connectivity index (χ2n) is 3.13. The number of rotatable bonds is 3. The minimum absolute atomic E-state index is 0.00527. The topological polar surface area (TPSA) is 42.0 Å². The molecule has 0 radical (unpaired) electrons. The van der Waals surface area contributed by atoms with Gasteiger partial charge in [0.05, 0.1) is 10.9 Å². The molecule has 1 heterocycles. The lowest BCUT2D eigenvalue weighted by Gasteiger charge is -2.14. The molecular weight excluding hydrogens is 244 g/mol. The zero-order chi connectivity index (χ0) is 10.6. The number of aromatic nitrogens is 1. The van der Waals surface area contributed by atoms with E-state index in [1.807, 2.05) is 19.1 Å². The monoisotopic (exact) mass is 256 g/mol. The molecular formula is C10H13BrN2O. The molecule has 3 nitrogen and oxygen atoms in total. The molecule has 1 aromatic heterocycles. The first-order valence-corrected chi connectivity index (χ1v) is 5.37. The van der Waals surface area contributed by atoms with Gasteiger partial charge in [-0.15, -0.1) is 0 Å². The summed E-state index contributed by atoms with van der Waals surface area (Å²) in [7, 11) is 0. The van der Waals surface area contributed by atoms with Crippen LogP contribution in [0.25, 0.3) is 0 Å². The lowest BCUT2D eigenvalue weighted by atomic mass is 10.1. The lowest BCUT2D eigenvalue weighted by molar-refractivity contribution is -0.120. The molecule has 1 N–H and O–H groups in total. The molecule has 0 fully saturated rings. The van der Waals surface area contributed by atoms with Crippen LogP contribution < -0.4 is 5.32 Å². The number of amides is 1. The number of hydrogen-bond acceptors (Lipinski definition) is 2. The van der Waals surface area contributed by atoms with Gasteiger partial charge in [0.15, 0.2) is 0 Å². The molecule has 0 aliphatic heterocycles. The summed E-state index contributed by atoms with van der Waals surface area (Å²) < 4.78 is 0. The van der Waals surface area contributed by atoms with Crippen LogP contribution in [0.5, 0.6) is 0 Å². The largest absolute Gasteiger partial charge is 0.349 e. The molecule has 2 atom stereocenters. The Morgan fingerprint density at radius 3 is 2.50 bits per heavy atom. The van der Waals surface area contributed by atoms with Crippen molar-refractivity contribution in [2.24, 2.45) is 0 Å². The summed E-state index contributed by atoms with van der Waals surface area (Å²) in [6.07, 6.45) is 3.44. The van der Waals surface area contributed by atoms with Crippen molar-refractivity contribution in [1.29, 1.82) is 0 Å². The van der Waals surface area contributed by atoms with Gasteiger partial charge in [0.25, 0.3) is 0 Å². The number of hydrogen-bond donors (Lipinski definition) is 1. The number of nitrogens with one attached hydrogen (secondary N) is 1. The fourth-order valence-corrected chi connectivity index (χ4v) is 1.20. The second kappa shape index (κ2) is 5.10. The Morgan fingerprint density at radius 1 is 1.43 bits per heavy atom. The lowest BCUT2D eigenvalue weighted by Crippen LogP contribution is -2.31. The third-order valence-corrected chi connectivity index (χ3v) is 2.34.